The molecule has 0 saturated carbocycles. The van der Waals surface area contributed by atoms with Gasteiger partial charge in [0.05, 0.1) is 22.5 Å². The van der Waals surface area contributed by atoms with Gasteiger partial charge in [0.25, 0.3) is 0 Å². The maximum Gasteiger partial charge on any atom is 0.0839 e. The number of rotatable bonds is 2. The van der Waals surface area contributed by atoms with Crippen LogP contribution in [0.4, 0.5) is 0 Å². The Balaban J connectivity index is 1.95. The van der Waals surface area contributed by atoms with E-state index in [0.29, 0.717) is 5.71 Å². The molecule has 0 bridgehead atoms. The van der Waals surface area contributed by atoms with Crippen LogP contribution in [0.25, 0.3) is 10.9 Å². The Morgan fingerprint density at radius 1 is 1.12 bits per heavy atom. The molecule has 0 radical (unpaired) electrons. The summed E-state index contributed by atoms with van der Waals surface area (Å²) in [6.45, 7) is 6.09. The number of hydrogen-bond donors (Lipinski definition) is 1. The van der Waals surface area contributed by atoms with Gasteiger partial charge < -0.3 is 5.21 Å². The number of pyridine rings is 1. The van der Waals surface area contributed by atoms with Gasteiger partial charge in [-0.25, -0.2) is 0 Å². The molecule has 130 valence electrons. The van der Waals surface area contributed by atoms with Crippen molar-refractivity contribution in [2.75, 3.05) is 0 Å². The molecular formula is C22H21N3O. The summed E-state index contributed by atoms with van der Waals surface area (Å²) in [7, 11) is 0. The van der Waals surface area contributed by atoms with Crippen LogP contribution in [0.5, 0.6) is 0 Å². The standard InChI is InChI=1S/C22H21N3O/c1-14(25-26)17-8-6-9-18-19(17)12-22(2,3)24-21(18)16-11-15-7-4-5-10-20(15)23-13-16/h4-11,13,26H,12H2,1-3H3. The monoisotopic (exact) mass is 343 g/mol. The SMILES string of the molecule is CC(=NO)c1cccc2c1CC(C)(C)N=C2c1cnc2ccccc2c1. The van der Waals surface area contributed by atoms with Gasteiger partial charge >= 0.3 is 0 Å². The predicted octanol–water partition coefficient (Wildman–Crippen LogP) is 4.61. The van der Waals surface area contributed by atoms with E-state index in [-0.39, 0.29) is 5.54 Å². The lowest BCUT2D eigenvalue weighted by Crippen LogP contribution is -2.31. The summed E-state index contributed by atoms with van der Waals surface area (Å²) >= 11 is 0. The van der Waals surface area contributed by atoms with Gasteiger partial charge in [-0.1, -0.05) is 41.6 Å². The maximum atomic E-state index is 9.27. The summed E-state index contributed by atoms with van der Waals surface area (Å²) in [5.74, 6) is 0. The zero-order chi connectivity index (χ0) is 18.3. The van der Waals surface area contributed by atoms with Crippen LogP contribution in [0.1, 0.15) is 43.0 Å². The molecule has 1 aliphatic rings. The third kappa shape index (κ3) is 2.77. The van der Waals surface area contributed by atoms with Gasteiger partial charge in [-0.2, -0.15) is 0 Å². The van der Waals surface area contributed by atoms with Crippen molar-refractivity contribution in [1.82, 2.24) is 4.98 Å². The van der Waals surface area contributed by atoms with Crippen molar-refractivity contribution < 1.29 is 5.21 Å². The Morgan fingerprint density at radius 2 is 1.92 bits per heavy atom. The van der Waals surface area contributed by atoms with E-state index in [1.165, 1.54) is 5.56 Å². The van der Waals surface area contributed by atoms with Gasteiger partial charge in [0.1, 0.15) is 0 Å². The largest absolute Gasteiger partial charge is 0.411 e. The lowest BCUT2D eigenvalue weighted by atomic mass is 9.82. The maximum absolute atomic E-state index is 9.27. The van der Waals surface area contributed by atoms with Gasteiger partial charge in [-0.05, 0) is 44.9 Å². The molecular weight excluding hydrogens is 322 g/mol. The number of fused-ring (bicyclic) bond motifs is 2. The van der Waals surface area contributed by atoms with E-state index in [1.807, 2.05) is 43.5 Å². The van der Waals surface area contributed by atoms with E-state index >= 15 is 0 Å². The van der Waals surface area contributed by atoms with E-state index in [1.54, 1.807) is 0 Å². The molecule has 0 amide bonds. The van der Waals surface area contributed by atoms with E-state index in [2.05, 4.69) is 42.2 Å². The minimum Gasteiger partial charge on any atom is -0.411 e. The number of hydrogen-bond acceptors (Lipinski definition) is 4. The van der Waals surface area contributed by atoms with Crippen LogP contribution in [0.3, 0.4) is 0 Å². The van der Waals surface area contributed by atoms with Crippen molar-refractivity contribution >= 4 is 22.3 Å². The summed E-state index contributed by atoms with van der Waals surface area (Å²) in [6, 6.07) is 16.3. The number of aliphatic imine (C=N–C) groups is 1. The second kappa shape index (κ2) is 6.06. The highest BCUT2D eigenvalue weighted by Crippen LogP contribution is 2.32. The fraction of sp³-hybridized carbons (Fsp3) is 0.227. The van der Waals surface area contributed by atoms with Crippen molar-refractivity contribution in [1.29, 1.82) is 0 Å². The molecule has 4 heteroatoms. The van der Waals surface area contributed by atoms with Crippen LogP contribution >= 0.6 is 0 Å². The van der Waals surface area contributed by atoms with Crippen LogP contribution in [0.15, 0.2) is 64.9 Å². The highest BCUT2D eigenvalue weighted by atomic mass is 16.4. The number of para-hydroxylation sites is 1. The van der Waals surface area contributed by atoms with Gasteiger partial charge in [-0.15, -0.1) is 0 Å². The quantitative estimate of drug-likeness (QED) is 0.420. The first-order valence-corrected chi connectivity index (χ1v) is 8.75. The molecule has 0 unspecified atom stereocenters. The summed E-state index contributed by atoms with van der Waals surface area (Å²) in [6.07, 6.45) is 2.70. The summed E-state index contributed by atoms with van der Waals surface area (Å²) in [5.41, 5.74) is 6.54. The Morgan fingerprint density at radius 3 is 2.73 bits per heavy atom. The van der Waals surface area contributed by atoms with Crippen molar-refractivity contribution in [3.05, 3.63) is 77.0 Å². The molecule has 0 saturated heterocycles. The molecule has 0 spiro atoms. The second-order valence-corrected chi connectivity index (χ2v) is 7.38. The van der Waals surface area contributed by atoms with Crippen LogP contribution in [-0.2, 0) is 6.42 Å². The summed E-state index contributed by atoms with van der Waals surface area (Å²) in [4.78, 5) is 9.64. The molecule has 4 rings (SSSR count). The zero-order valence-corrected chi connectivity index (χ0v) is 15.2. The Labute approximate surface area is 152 Å². The van der Waals surface area contributed by atoms with Crippen molar-refractivity contribution in [3.63, 3.8) is 0 Å². The minimum atomic E-state index is -0.236. The summed E-state index contributed by atoms with van der Waals surface area (Å²) < 4.78 is 0. The summed E-state index contributed by atoms with van der Waals surface area (Å²) in [5, 5.41) is 13.8. The van der Waals surface area contributed by atoms with Crippen LogP contribution in [0, 0.1) is 0 Å². The third-order valence-electron chi connectivity index (χ3n) is 4.86. The number of benzene rings is 2. The minimum absolute atomic E-state index is 0.236. The Kier molecular flexibility index (Phi) is 3.83. The van der Waals surface area contributed by atoms with E-state index in [0.717, 1.165) is 39.7 Å². The first kappa shape index (κ1) is 16.5. The van der Waals surface area contributed by atoms with E-state index in [9.17, 15) is 5.21 Å². The average Bonchev–Trinajstić information content (AvgIpc) is 2.65. The molecule has 1 aromatic heterocycles. The van der Waals surface area contributed by atoms with Crippen molar-refractivity contribution in [3.8, 4) is 0 Å². The first-order chi connectivity index (χ1) is 12.5. The second-order valence-electron chi connectivity index (χ2n) is 7.38. The number of nitrogens with zero attached hydrogens (tertiary/aromatic N) is 3. The van der Waals surface area contributed by atoms with Crippen molar-refractivity contribution in [2.45, 2.75) is 32.7 Å². The van der Waals surface area contributed by atoms with E-state index in [4.69, 9.17) is 4.99 Å². The molecule has 26 heavy (non-hydrogen) atoms. The third-order valence-corrected chi connectivity index (χ3v) is 4.86. The Bertz CT molecular complexity index is 1060. The van der Waals surface area contributed by atoms with Gasteiger partial charge in [0.15, 0.2) is 0 Å². The highest BCUT2D eigenvalue weighted by Gasteiger charge is 2.29. The number of aromatic nitrogens is 1. The lowest BCUT2D eigenvalue weighted by molar-refractivity contribution is 0.319. The molecule has 0 fully saturated rings. The molecule has 4 nitrogen and oxygen atoms in total. The predicted molar refractivity (Wildman–Crippen MR) is 106 cm³/mol. The average molecular weight is 343 g/mol. The zero-order valence-electron chi connectivity index (χ0n) is 15.2. The Hall–Kier alpha value is -3.01. The van der Waals surface area contributed by atoms with Gasteiger partial charge in [-0.3, -0.25) is 9.98 Å². The molecule has 0 atom stereocenters. The molecule has 0 aliphatic carbocycles. The van der Waals surface area contributed by atoms with Crippen molar-refractivity contribution in [2.24, 2.45) is 10.1 Å². The molecule has 1 N–H and O–H groups in total. The number of oxime groups is 1. The smallest absolute Gasteiger partial charge is 0.0839 e. The normalized spacial score (nSPS) is 16.3. The fourth-order valence-electron chi connectivity index (χ4n) is 3.65. The van der Waals surface area contributed by atoms with Gasteiger partial charge in [0, 0.05) is 28.3 Å². The van der Waals surface area contributed by atoms with Gasteiger partial charge in [0.2, 0.25) is 0 Å². The molecule has 2 heterocycles. The van der Waals surface area contributed by atoms with Crippen LogP contribution < -0.4 is 0 Å². The molecule has 2 aromatic carbocycles. The molecule has 1 aliphatic heterocycles. The van der Waals surface area contributed by atoms with Crippen LogP contribution in [0.2, 0.25) is 0 Å². The van der Waals surface area contributed by atoms with E-state index < -0.39 is 0 Å². The fourth-order valence-corrected chi connectivity index (χ4v) is 3.65. The highest BCUT2D eigenvalue weighted by molar-refractivity contribution is 6.17. The topological polar surface area (TPSA) is 57.8 Å². The van der Waals surface area contributed by atoms with Crippen LogP contribution in [-0.4, -0.2) is 27.2 Å². The first-order valence-electron chi connectivity index (χ1n) is 8.75. The lowest BCUT2D eigenvalue weighted by Gasteiger charge is -2.30. The molecule has 3 aromatic rings.